The summed E-state index contributed by atoms with van der Waals surface area (Å²) in [6.07, 6.45) is 3.41. The van der Waals surface area contributed by atoms with Crippen LogP contribution in [0.1, 0.15) is 12.8 Å². The molecule has 1 atom stereocenters. The highest BCUT2D eigenvalue weighted by atomic mass is 35.5. The van der Waals surface area contributed by atoms with E-state index in [9.17, 15) is 4.79 Å². The van der Waals surface area contributed by atoms with E-state index in [1.807, 2.05) is 17.0 Å². The number of fused-ring (bicyclic) bond motifs is 1. The number of imidazole rings is 1. The van der Waals surface area contributed by atoms with E-state index in [2.05, 4.69) is 41.9 Å². The van der Waals surface area contributed by atoms with Crippen LogP contribution in [0, 0.1) is 5.92 Å². The van der Waals surface area contributed by atoms with Gasteiger partial charge in [0.2, 0.25) is 11.2 Å². The Hall–Kier alpha value is -3.07. The summed E-state index contributed by atoms with van der Waals surface area (Å²) < 4.78 is 5.24. The average Bonchev–Trinajstić information content (AvgIpc) is 3.32. The number of aromatic amines is 1. The highest BCUT2D eigenvalue weighted by molar-refractivity contribution is 6.28. The van der Waals surface area contributed by atoms with Crippen LogP contribution in [-0.2, 0) is 4.79 Å². The van der Waals surface area contributed by atoms with Crippen LogP contribution in [0.15, 0.2) is 30.6 Å². The van der Waals surface area contributed by atoms with Crippen molar-refractivity contribution in [1.82, 2.24) is 24.8 Å². The monoisotopic (exact) mass is 455 g/mol. The number of nitrogens with zero attached hydrogens (tertiary/aromatic N) is 6. The van der Waals surface area contributed by atoms with Crippen molar-refractivity contribution < 1.29 is 9.53 Å². The minimum atomic E-state index is -0.0528. The number of methoxy groups -OCH3 is 1. The van der Waals surface area contributed by atoms with Gasteiger partial charge in [-0.2, -0.15) is 9.97 Å². The van der Waals surface area contributed by atoms with E-state index in [1.165, 1.54) is 0 Å². The third kappa shape index (κ3) is 4.04. The molecule has 2 aromatic heterocycles. The number of hydrogen-bond donors (Lipinski definition) is 1. The predicted molar refractivity (Wildman–Crippen MR) is 123 cm³/mol. The fourth-order valence-electron chi connectivity index (χ4n) is 4.63. The van der Waals surface area contributed by atoms with Gasteiger partial charge in [0.25, 0.3) is 0 Å². The maximum Gasteiger partial charge on any atom is 0.227 e. The molecule has 0 aliphatic carbocycles. The lowest BCUT2D eigenvalue weighted by atomic mass is 9.96. The lowest BCUT2D eigenvalue weighted by molar-refractivity contribution is -0.136. The number of anilines is 2. The molecule has 0 bridgehead atoms. The quantitative estimate of drug-likeness (QED) is 0.604. The first kappa shape index (κ1) is 20.8. The van der Waals surface area contributed by atoms with E-state index in [1.54, 1.807) is 13.4 Å². The number of amides is 1. The van der Waals surface area contributed by atoms with Gasteiger partial charge in [0.15, 0.2) is 11.5 Å². The van der Waals surface area contributed by atoms with E-state index in [-0.39, 0.29) is 17.1 Å². The predicted octanol–water partition coefficient (Wildman–Crippen LogP) is 2.58. The lowest BCUT2D eigenvalue weighted by Gasteiger charge is -2.40. The Labute approximate surface area is 191 Å². The molecular weight excluding hydrogens is 430 g/mol. The van der Waals surface area contributed by atoms with Gasteiger partial charge in [-0.25, -0.2) is 4.98 Å². The maximum absolute atomic E-state index is 13.3. The highest BCUT2D eigenvalue weighted by Gasteiger charge is 2.32. The van der Waals surface area contributed by atoms with Gasteiger partial charge in [-0.3, -0.25) is 4.79 Å². The van der Waals surface area contributed by atoms with Crippen LogP contribution >= 0.6 is 11.6 Å². The molecular formula is C22H26ClN7O2. The molecule has 0 spiro atoms. The Morgan fingerprint density at radius 1 is 1.09 bits per heavy atom. The molecule has 2 aliphatic rings. The highest BCUT2D eigenvalue weighted by Crippen LogP contribution is 2.29. The van der Waals surface area contributed by atoms with Crippen molar-refractivity contribution in [2.45, 2.75) is 12.8 Å². The number of piperazine rings is 1. The lowest BCUT2D eigenvalue weighted by Crippen LogP contribution is -2.52. The summed E-state index contributed by atoms with van der Waals surface area (Å²) >= 11 is 6.11. The van der Waals surface area contributed by atoms with E-state index in [4.69, 9.17) is 16.3 Å². The van der Waals surface area contributed by atoms with Gasteiger partial charge in [0, 0.05) is 45.0 Å². The molecule has 2 fully saturated rings. The molecule has 4 heterocycles. The minimum Gasteiger partial charge on any atom is -0.497 e. The Balaban J connectivity index is 1.23. The summed E-state index contributed by atoms with van der Waals surface area (Å²) in [5, 5.41) is 0.169. The molecule has 0 radical (unpaired) electrons. The fourth-order valence-corrected chi connectivity index (χ4v) is 4.79. The second-order valence-electron chi connectivity index (χ2n) is 8.21. The Morgan fingerprint density at radius 3 is 2.62 bits per heavy atom. The average molecular weight is 456 g/mol. The SMILES string of the molecule is COc1ccc(N2CCN(C(=O)[C@@H]3CCCN(c4nc(Cl)nc5nc[nH]c45)C3)CC2)cc1. The Kier molecular flexibility index (Phi) is 5.73. The standard InChI is InChI=1S/C22H26ClN7O2/c1-32-17-6-4-16(5-7-17)28-9-11-29(12-10-28)21(31)15-3-2-8-30(13-15)20-18-19(25-14-24-18)26-22(23)27-20/h4-7,14-15H,2-3,8-13H2,1H3,(H,24,25,26,27)/t15-/m1/s1. The first-order chi connectivity index (χ1) is 15.6. The summed E-state index contributed by atoms with van der Waals surface area (Å²) in [4.78, 5) is 35.7. The third-order valence-electron chi connectivity index (χ3n) is 6.34. The molecule has 5 rings (SSSR count). The Morgan fingerprint density at radius 2 is 1.88 bits per heavy atom. The van der Waals surface area contributed by atoms with Gasteiger partial charge in [0.05, 0.1) is 19.4 Å². The summed E-state index contributed by atoms with van der Waals surface area (Å²) in [6, 6.07) is 8.08. The minimum absolute atomic E-state index is 0.0528. The fraction of sp³-hybridized carbons (Fsp3) is 0.455. The van der Waals surface area contributed by atoms with E-state index < -0.39 is 0 Å². The molecule has 2 aliphatic heterocycles. The van der Waals surface area contributed by atoms with E-state index in [0.717, 1.165) is 68.3 Å². The first-order valence-electron chi connectivity index (χ1n) is 10.9. The first-order valence-corrected chi connectivity index (χ1v) is 11.3. The van der Waals surface area contributed by atoms with Gasteiger partial charge >= 0.3 is 0 Å². The van der Waals surface area contributed by atoms with Crippen molar-refractivity contribution in [3.63, 3.8) is 0 Å². The number of carbonyl (C=O) groups is 1. The number of piperidine rings is 1. The third-order valence-corrected chi connectivity index (χ3v) is 6.51. The molecule has 9 nitrogen and oxygen atoms in total. The van der Waals surface area contributed by atoms with Crippen molar-refractivity contribution >= 4 is 40.2 Å². The number of rotatable bonds is 4. The van der Waals surface area contributed by atoms with Gasteiger partial charge in [0.1, 0.15) is 11.3 Å². The molecule has 0 saturated carbocycles. The van der Waals surface area contributed by atoms with Crippen LogP contribution in [0.4, 0.5) is 11.5 Å². The second-order valence-corrected chi connectivity index (χ2v) is 8.55. The number of aromatic nitrogens is 4. The van der Waals surface area contributed by atoms with Crippen LogP contribution in [0.2, 0.25) is 5.28 Å². The topological polar surface area (TPSA) is 90.5 Å². The normalized spacial score (nSPS) is 19.4. The molecule has 32 heavy (non-hydrogen) atoms. The summed E-state index contributed by atoms with van der Waals surface area (Å²) in [6.45, 7) is 4.56. The van der Waals surface area contributed by atoms with Crippen molar-refractivity contribution in [2.75, 3.05) is 56.2 Å². The number of hydrogen-bond acceptors (Lipinski definition) is 7. The molecule has 0 unspecified atom stereocenters. The smallest absolute Gasteiger partial charge is 0.227 e. The number of halogens is 1. The number of H-pyrrole nitrogens is 1. The Bertz CT molecular complexity index is 1100. The van der Waals surface area contributed by atoms with Crippen molar-refractivity contribution in [3.8, 4) is 5.75 Å². The van der Waals surface area contributed by atoms with Gasteiger partial charge < -0.3 is 24.4 Å². The number of ether oxygens (including phenoxy) is 1. The van der Waals surface area contributed by atoms with Crippen LogP contribution < -0.4 is 14.5 Å². The van der Waals surface area contributed by atoms with Crippen LogP contribution in [0.5, 0.6) is 5.75 Å². The zero-order valence-electron chi connectivity index (χ0n) is 18.0. The molecule has 168 valence electrons. The molecule has 3 aromatic rings. The summed E-state index contributed by atoms with van der Waals surface area (Å²) in [7, 11) is 1.67. The van der Waals surface area contributed by atoms with E-state index >= 15 is 0 Å². The summed E-state index contributed by atoms with van der Waals surface area (Å²) in [5.41, 5.74) is 2.46. The van der Waals surface area contributed by atoms with Gasteiger partial charge in [-0.15, -0.1) is 0 Å². The number of benzene rings is 1. The second kappa shape index (κ2) is 8.82. The number of carbonyl (C=O) groups excluding carboxylic acids is 1. The van der Waals surface area contributed by atoms with Gasteiger partial charge in [-0.05, 0) is 48.7 Å². The van der Waals surface area contributed by atoms with Crippen LogP contribution in [0.3, 0.4) is 0 Å². The van der Waals surface area contributed by atoms with Crippen molar-refractivity contribution in [1.29, 1.82) is 0 Å². The number of nitrogens with one attached hydrogen (secondary N) is 1. The molecule has 1 N–H and O–H groups in total. The van der Waals surface area contributed by atoms with Crippen molar-refractivity contribution in [3.05, 3.63) is 35.9 Å². The molecule has 1 amide bonds. The zero-order chi connectivity index (χ0) is 22.1. The van der Waals surface area contributed by atoms with E-state index in [0.29, 0.717) is 12.2 Å². The zero-order valence-corrected chi connectivity index (χ0v) is 18.8. The molecule has 10 heteroatoms. The molecule has 1 aromatic carbocycles. The largest absolute Gasteiger partial charge is 0.497 e. The van der Waals surface area contributed by atoms with Crippen molar-refractivity contribution in [2.24, 2.45) is 5.92 Å². The van der Waals surface area contributed by atoms with Gasteiger partial charge in [-0.1, -0.05) is 0 Å². The summed E-state index contributed by atoms with van der Waals surface area (Å²) in [5.74, 6) is 1.74. The van der Waals surface area contributed by atoms with Crippen LogP contribution in [-0.4, -0.2) is 77.1 Å². The molecule has 2 saturated heterocycles. The maximum atomic E-state index is 13.3. The van der Waals surface area contributed by atoms with Crippen LogP contribution in [0.25, 0.3) is 11.2 Å².